The first-order chi connectivity index (χ1) is 41.0. The standard InChI is InChI=1S/C77H128O6/c1-4-7-10-13-16-19-22-25-27-29-31-33-35-36-37-38-39-40-42-43-45-47-49-52-55-58-61-64-67-70-76(79)82-73-74(72-81-75(78)69-66-63-60-57-54-51-24-21-18-15-12-9-6-3)83-77(80)71-68-65-62-59-56-53-50-48-46-44-41-34-32-30-28-26-23-20-17-14-11-8-5-2/h7,10,16,19,23,25-27,30-33,36-37,39-41,43-45,49,52,74H,4-6,8-9,11-15,17-18,20-22,24,28-29,34-35,38,42,46-48,50-51,53-73H2,1-3H3/b10-7-,19-16-,26-23-,27-25-,32-30-,33-31-,37-36-,40-39-,44-41-,45-43-,52-49-. The highest BCUT2D eigenvalue weighted by Crippen LogP contribution is 2.16. The Hall–Kier alpha value is -4.45. The van der Waals surface area contributed by atoms with Gasteiger partial charge in [0, 0.05) is 19.3 Å². The normalized spacial score (nSPS) is 13.0. The van der Waals surface area contributed by atoms with Gasteiger partial charge in [-0.15, -0.1) is 0 Å². The van der Waals surface area contributed by atoms with Gasteiger partial charge in [-0.2, -0.15) is 0 Å². The third-order valence-corrected chi connectivity index (χ3v) is 14.6. The smallest absolute Gasteiger partial charge is 0.306 e. The molecule has 0 aliphatic carbocycles. The summed E-state index contributed by atoms with van der Waals surface area (Å²) in [4.78, 5) is 38.4. The Kier molecular flexibility index (Phi) is 66.3. The van der Waals surface area contributed by atoms with Crippen molar-refractivity contribution in [1.82, 2.24) is 0 Å². The summed E-state index contributed by atoms with van der Waals surface area (Å²) in [7, 11) is 0. The monoisotopic (exact) mass is 1150 g/mol. The first kappa shape index (κ1) is 78.5. The molecule has 83 heavy (non-hydrogen) atoms. The van der Waals surface area contributed by atoms with E-state index in [0.29, 0.717) is 19.3 Å². The number of carbonyl (C=O) groups is 3. The van der Waals surface area contributed by atoms with E-state index in [2.05, 4.69) is 154 Å². The van der Waals surface area contributed by atoms with Crippen LogP contribution in [0.3, 0.4) is 0 Å². The van der Waals surface area contributed by atoms with Crippen LogP contribution < -0.4 is 0 Å². The van der Waals surface area contributed by atoms with Crippen molar-refractivity contribution in [3.63, 3.8) is 0 Å². The van der Waals surface area contributed by atoms with Gasteiger partial charge in [-0.25, -0.2) is 0 Å². The molecule has 0 aromatic carbocycles. The molecule has 0 fully saturated rings. The van der Waals surface area contributed by atoms with Crippen molar-refractivity contribution in [3.8, 4) is 0 Å². The van der Waals surface area contributed by atoms with Crippen LogP contribution in [0.1, 0.15) is 316 Å². The molecule has 0 aromatic heterocycles. The molecule has 0 amide bonds. The molecule has 1 atom stereocenters. The molecule has 0 aliphatic heterocycles. The Morgan fingerprint density at radius 1 is 0.253 bits per heavy atom. The number of esters is 3. The molecule has 0 radical (unpaired) electrons. The van der Waals surface area contributed by atoms with Crippen LogP contribution in [0.15, 0.2) is 134 Å². The topological polar surface area (TPSA) is 78.9 Å². The van der Waals surface area contributed by atoms with Crippen LogP contribution in [0, 0.1) is 0 Å². The number of allylic oxidation sites excluding steroid dienone is 22. The van der Waals surface area contributed by atoms with Crippen LogP contribution in [-0.2, 0) is 28.6 Å². The third kappa shape index (κ3) is 68.2. The fourth-order valence-electron chi connectivity index (χ4n) is 9.47. The van der Waals surface area contributed by atoms with Gasteiger partial charge in [-0.05, 0) is 122 Å². The minimum atomic E-state index is -0.798. The van der Waals surface area contributed by atoms with Crippen LogP contribution in [0.5, 0.6) is 0 Å². The van der Waals surface area contributed by atoms with Crippen LogP contribution in [-0.4, -0.2) is 37.2 Å². The molecule has 0 rings (SSSR count). The van der Waals surface area contributed by atoms with Crippen LogP contribution >= 0.6 is 0 Å². The van der Waals surface area contributed by atoms with Crippen molar-refractivity contribution in [2.24, 2.45) is 0 Å². The molecule has 0 bridgehead atoms. The van der Waals surface area contributed by atoms with Gasteiger partial charge in [0.15, 0.2) is 6.10 Å². The van der Waals surface area contributed by atoms with Gasteiger partial charge in [0.05, 0.1) is 0 Å². The number of hydrogen-bond acceptors (Lipinski definition) is 6. The molecule has 0 saturated carbocycles. The van der Waals surface area contributed by atoms with E-state index in [9.17, 15) is 14.4 Å². The average Bonchev–Trinajstić information content (AvgIpc) is 3.49. The van der Waals surface area contributed by atoms with E-state index in [1.807, 2.05) is 0 Å². The van der Waals surface area contributed by atoms with Crippen molar-refractivity contribution in [1.29, 1.82) is 0 Å². The zero-order chi connectivity index (χ0) is 59.9. The summed E-state index contributed by atoms with van der Waals surface area (Å²) >= 11 is 0. The minimum Gasteiger partial charge on any atom is -0.462 e. The highest BCUT2D eigenvalue weighted by atomic mass is 16.6. The van der Waals surface area contributed by atoms with Crippen molar-refractivity contribution in [3.05, 3.63) is 134 Å². The lowest BCUT2D eigenvalue weighted by atomic mass is 10.0. The average molecular weight is 1150 g/mol. The van der Waals surface area contributed by atoms with Gasteiger partial charge in [0.2, 0.25) is 0 Å². The molecule has 0 aromatic rings. The highest BCUT2D eigenvalue weighted by molar-refractivity contribution is 5.71. The minimum absolute atomic E-state index is 0.0901. The fraction of sp³-hybridized carbons (Fsp3) is 0.675. The van der Waals surface area contributed by atoms with E-state index in [-0.39, 0.29) is 31.1 Å². The van der Waals surface area contributed by atoms with Crippen LogP contribution in [0.2, 0.25) is 0 Å². The van der Waals surface area contributed by atoms with Crippen LogP contribution in [0.4, 0.5) is 0 Å². The Morgan fingerprint density at radius 2 is 0.470 bits per heavy atom. The Bertz CT molecular complexity index is 1750. The van der Waals surface area contributed by atoms with Crippen molar-refractivity contribution >= 4 is 17.9 Å². The molecular weight excluding hydrogens is 1020 g/mol. The lowest BCUT2D eigenvalue weighted by Crippen LogP contribution is -2.30. The molecule has 1 unspecified atom stereocenters. The SMILES string of the molecule is CC/C=C\C/C=C\C/C=C\C/C=C\C/C=C\C/C=C\C/C=C\C/C=C\CCCCCCC(=O)OCC(COC(=O)CCCCCCCCCCCCCCC)OC(=O)CCCCCCCCCC/C=C\C/C=C\C/C=C\CCCCCCC. The summed E-state index contributed by atoms with van der Waals surface area (Å²) in [6, 6.07) is 0. The number of carbonyl (C=O) groups excluding carboxylic acids is 3. The lowest BCUT2D eigenvalue weighted by Gasteiger charge is -2.18. The summed E-state index contributed by atoms with van der Waals surface area (Å²) in [5.74, 6) is -0.916. The van der Waals surface area contributed by atoms with Gasteiger partial charge in [0.25, 0.3) is 0 Å². The maximum Gasteiger partial charge on any atom is 0.306 e. The van der Waals surface area contributed by atoms with Gasteiger partial charge >= 0.3 is 17.9 Å². The molecule has 6 nitrogen and oxygen atoms in total. The molecular formula is C77H128O6. The van der Waals surface area contributed by atoms with Gasteiger partial charge < -0.3 is 14.2 Å². The molecule has 472 valence electrons. The largest absolute Gasteiger partial charge is 0.462 e. The third-order valence-electron chi connectivity index (χ3n) is 14.6. The van der Waals surface area contributed by atoms with E-state index in [0.717, 1.165) is 141 Å². The Balaban J connectivity index is 4.40. The molecule has 0 spiro atoms. The van der Waals surface area contributed by atoms with Crippen molar-refractivity contribution in [2.45, 2.75) is 322 Å². The van der Waals surface area contributed by atoms with E-state index >= 15 is 0 Å². The van der Waals surface area contributed by atoms with Crippen molar-refractivity contribution in [2.75, 3.05) is 13.2 Å². The predicted octanol–water partition coefficient (Wildman–Crippen LogP) is 24.1. The maximum absolute atomic E-state index is 12.9. The summed E-state index contributed by atoms with van der Waals surface area (Å²) in [5, 5.41) is 0. The van der Waals surface area contributed by atoms with E-state index < -0.39 is 6.10 Å². The predicted molar refractivity (Wildman–Crippen MR) is 362 cm³/mol. The van der Waals surface area contributed by atoms with Gasteiger partial charge in [-0.1, -0.05) is 309 Å². The number of unbranched alkanes of at least 4 members (excludes halogenated alkanes) is 29. The second-order valence-corrected chi connectivity index (χ2v) is 22.7. The second kappa shape index (κ2) is 70.0. The summed E-state index contributed by atoms with van der Waals surface area (Å²) in [5.41, 5.74) is 0. The highest BCUT2D eigenvalue weighted by Gasteiger charge is 2.19. The maximum atomic E-state index is 12.9. The first-order valence-corrected chi connectivity index (χ1v) is 34.7. The zero-order valence-corrected chi connectivity index (χ0v) is 54.2. The summed E-state index contributed by atoms with van der Waals surface area (Å²) < 4.78 is 16.9. The first-order valence-electron chi connectivity index (χ1n) is 34.7. The summed E-state index contributed by atoms with van der Waals surface area (Å²) in [6.45, 7) is 6.51. The molecule has 0 saturated heterocycles. The van der Waals surface area contributed by atoms with E-state index in [1.54, 1.807) is 0 Å². The number of rotatable bonds is 62. The number of hydrogen-bond donors (Lipinski definition) is 0. The fourth-order valence-corrected chi connectivity index (χ4v) is 9.47. The van der Waals surface area contributed by atoms with Gasteiger partial charge in [0.1, 0.15) is 13.2 Å². The second-order valence-electron chi connectivity index (χ2n) is 22.7. The Morgan fingerprint density at radius 3 is 0.735 bits per heavy atom. The van der Waals surface area contributed by atoms with E-state index in [1.165, 1.54) is 135 Å². The molecule has 6 heteroatoms. The molecule has 0 heterocycles. The Labute approximate surface area is 513 Å². The van der Waals surface area contributed by atoms with Crippen LogP contribution in [0.25, 0.3) is 0 Å². The molecule has 0 N–H and O–H groups in total. The molecule has 0 aliphatic rings. The quantitative estimate of drug-likeness (QED) is 0.0261. The number of ether oxygens (including phenoxy) is 3. The lowest BCUT2D eigenvalue weighted by molar-refractivity contribution is -0.167. The van der Waals surface area contributed by atoms with E-state index in [4.69, 9.17) is 14.2 Å². The zero-order valence-electron chi connectivity index (χ0n) is 54.2. The van der Waals surface area contributed by atoms with Gasteiger partial charge in [-0.3, -0.25) is 14.4 Å². The summed E-state index contributed by atoms with van der Waals surface area (Å²) in [6.07, 6.45) is 98.9. The van der Waals surface area contributed by atoms with Crippen molar-refractivity contribution < 1.29 is 28.6 Å².